The molecular formula is C11H19ClN2O2. The molecule has 1 fully saturated rings. The lowest BCUT2D eigenvalue weighted by atomic mass is 10.2. The van der Waals surface area contributed by atoms with Crippen LogP contribution in [0.25, 0.3) is 0 Å². The molecule has 1 aliphatic rings. The summed E-state index contributed by atoms with van der Waals surface area (Å²) in [5.41, 5.74) is 0. The van der Waals surface area contributed by atoms with Crippen molar-refractivity contribution < 1.29 is 9.59 Å². The second-order valence-corrected chi connectivity index (χ2v) is 4.49. The van der Waals surface area contributed by atoms with Crippen LogP contribution < -0.4 is 5.32 Å². The highest BCUT2D eigenvalue weighted by atomic mass is 35.5. The first-order valence-electron chi connectivity index (χ1n) is 5.76. The van der Waals surface area contributed by atoms with Crippen molar-refractivity contribution in [3.63, 3.8) is 0 Å². The fraction of sp³-hybridized carbons (Fsp3) is 0.818. The van der Waals surface area contributed by atoms with Crippen molar-refractivity contribution >= 4 is 23.4 Å². The van der Waals surface area contributed by atoms with Gasteiger partial charge in [-0.1, -0.05) is 6.92 Å². The number of hydrogen-bond donors (Lipinski definition) is 1. The van der Waals surface area contributed by atoms with Gasteiger partial charge in [0.15, 0.2) is 0 Å². The van der Waals surface area contributed by atoms with Crippen molar-refractivity contribution in [3.05, 3.63) is 0 Å². The maximum atomic E-state index is 11.6. The van der Waals surface area contributed by atoms with E-state index in [4.69, 9.17) is 11.6 Å². The Labute approximate surface area is 101 Å². The topological polar surface area (TPSA) is 49.4 Å². The smallest absolute Gasteiger partial charge is 0.224 e. The zero-order valence-corrected chi connectivity index (χ0v) is 10.4. The first kappa shape index (κ1) is 13.3. The number of carbonyl (C=O) groups excluding carboxylic acids is 2. The minimum Gasteiger partial charge on any atom is -0.355 e. The number of alkyl halides is 1. The van der Waals surface area contributed by atoms with Crippen LogP contribution >= 0.6 is 11.6 Å². The van der Waals surface area contributed by atoms with Crippen molar-refractivity contribution in [2.75, 3.05) is 25.5 Å². The van der Waals surface area contributed by atoms with Gasteiger partial charge in [0.1, 0.15) is 0 Å². The minimum atomic E-state index is -0.191. The average Bonchev–Trinajstić information content (AvgIpc) is 2.81. The quantitative estimate of drug-likeness (QED) is 0.736. The van der Waals surface area contributed by atoms with Crippen LogP contribution in [0.4, 0.5) is 0 Å². The number of halogens is 1. The molecule has 1 saturated heterocycles. The minimum absolute atomic E-state index is 0.0794. The summed E-state index contributed by atoms with van der Waals surface area (Å²) in [6.45, 7) is 3.91. The molecule has 92 valence electrons. The predicted molar refractivity (Wildman–Crippen MR) is 63.3 cm³/mol. The van der Waals surface area contributed by atoms with Gasteiger partial charge in [-0.3, -0.25) is 9.59 Å². The van der Waals surface area contributed by atoms with E-state index in [0.29, 0.717) is 18.8 Å². The molecule has 1 heterocycles. The molecule has 1 N–H and O–H groups in total. The van der Waals surface area contributed by atoms with Gasteiger partial charge in [0.2, 0.25) is 11.8 Å². The molecule has 1 atom stereocenters. The summed E-state index contributed by atoms with van der Waals surface area (Å²) in [5, 5.41) is 2.72. The van der Waals surface area contributed by atoms with Gasteiger partial charge in [-0.05, 0) is 12.8 Å². The van der Waals surface area contributed by atoms with Crippen LogP contribution in [-0.4, -0.2) is 42.2 Å². The van der Waals surface area contributed by atoms with Crippen molar-refractivity contribution in [2.45, 2.75) is 26.2 Å². The van der Waals surface area contributed by atoms with E-state index in [2.05, 4.69) is 5.32 Å². The van der Waals surface area contributed by atoms with Crippen LogP contribution in [0.3, 0.4) is 0 Å². The predicted octanol–water partition coefficient (Wildman–Crippen LogP) is 0.990. The number of hydrogen-bond acceptors (Lipinski definition) is 2. The monoisotopic (exact) mass is 246 g/mol. The van der Waals surface area contributed by atoms with Gasteiger partial charge in [-0.25, -0.2) is 0 Å². The largest absolute Gasteiger partial charge is 0.355 e. The Kier molecular flexibility index (Phi) is 5.60. The number of carbonyl (C=O) groups is 2. The Hall–Kier alpha value is -0.770. The maximum absolute atomic E-state index is 11.6. The Morgan fingerprint density at radius 1 is 1.38 bits per heavy atom. The SMILES string of the molecule is CC(CCl)C(=O)NCCC(=O)N1CCCC1. The van der Waals surface area contributed by atoms with Gasteiger partial charge in [0.25, 0.3) is 0 Å². The number of likely N-dealkylation sites (tertiary alicyclic amines) is 1. The maximum Gasteiger partial charge on any atom is 0.224 e. The van der Waals surface area contributed by atoms with Gasteiger partial charge in [-0.15, -0.1) is 11.6 Å². The third-order valence-corrected chi connectivity index (χ3v) is 3.24. The zero-order valence-electron chi connectivity index (χ0n) is 9.67. The zero-order chi connectivity index (χ0) is 12.0. The molecule has 0 aromatic heterocycles. The number of nitrogens with one attached hydrogen (secondary N) is 1. The van der Waals surface area contributed by atoms with Gasteiger partial charge in [0, 0.05) is 37.9 Å². The summed E-state index contributed by atoms with van der Waals surface area (Å²) in [6.07, 6.45) is 2.59. The molecule has 0 saturated carbocycles. The van der Waals surface area contributed by atoms with E-state index in [-0.39, 0.29) is 17.7 Å². The standard InChI is InChI=1S/C11H19ClN2O2/c1-9(8-12)11(16)13-5-4-10(15)14-6-2-3-7-14/h9H,2-8H2,1H3,(H,13,16). The molecule has 4 nitrogen and oxygen atoms in total. The fourth-order valence-electron chi connectivity index (χ4n) is 1.66. The van der Waals surface area contributed by atoms with E-state index in [0.717, 1.165) is 25.9 Å². The lowest BCUT2D eigenvalue weighted by molar-refractivity contribution is -0.130. The Bertz CT molecular complexity index is 252. The normalized spacial score (nSPS) is 17.2. The lowest BCUT2D eigenvalue weighted by Gasteiger charge is -2.15. The molecule has 5 heteroatoms. The van der Waals surface area contributed by atoms with Crippen LogP contribution in [0.2, 0.25) is 0 Å². The van der Waals surface area contributed by atoms with Crippen molar-refractivity contribution in [2.24, 2.45) is 5.92 Å². The summed E-state index contributed by atoms with van der Waals surface area (Å²) in [4.78, 5) is 24.8. The van der Waals surface area contributed by atoms with Crippen molar-refractivity contribution in [3.8, 4) is 0 Å². The van der Waals surface area contributed by atoms with Gasteiger partial charge < -0.3 is 10.2 Å². The van der Waals surface area contributed by atoms with Gasteiger partial charge in [-0.2, -0.15) is 0 Å². The van der Waals surface area contributed by atoms with Crippen LogP contribution in [-0.2, 0) is 9.59 Å². The van der Waals surface area contributed by atoms with Crippen LogP contribution in [0.1, 0.15) is 26.2 Å². The summed E-state index contributed by atoms with van der Waals surface area (Å²) in [7, 11) is 0. The summed E-state index contributed by atoms with van der Waals surface area (Å²) in [6, 6.07) is 0. The molecular weight excluding hydrogens is 228 g/mol. The van der Waals surface area contributed by atoms with Crippen LogP contribution in [0.15, 0.2) is 0 Å². The molecule has 2 amide bonds. The molecule has 1 rings (SSSR count). The summed E-state index contributed by atoms with van der Waals surface area (Å²) in [5.74, 6) is 0.176. The van der Waals surface area contributed by atoms with E-state index in [1.165, 1.54) is 0 Å². The van der Waals surface area contributed by atoms with Crippen molar-refractivity contribution in [1.29, 1.82) is 0 Å². The number of amides is 2. The average molecular weight is 247 g/mol. The first-order chi connectivity index (χ1) is 7.65. The molecule has 1 unspecified atom stereocenters. The molecule has 0 spiro atoms. The second kappa shape index (κ2) is 6.74. The first-order valence-corrected chi connectivity index (χ1v) is 6.30. The molecule has 0 aromatic carbocycles. The molecule has 0 bridgehead atoms. The van der Waals surface area contributed by atoms with Crippen LogP contribution in [0.5, 0.6) is 0 Å². The Balaban J connectivity index is 2.14. The van der Waals surface area contributed by atoms with Crippen LogP contribution in [0, 0.1) is 5.92 Å². The Morgan fingerprint density at radius 2 is 2.00 bits per heavy atom. The third kappa shape index (κ3) is 4.00. The number of nitrogens with zero attached hydrogens (tertiary/aromatic N) is 1. The lowest BCUT2D eigenvalue weighted by Crippen LogP contribution is -2.35. The number of rotatable bonds is 5. The molecule has 16 heavy (non-hydrogen) atoms. The highest BCUT2D eigenvalue weighted by Crippen LogP contribution is 2.08. The fourth-order valence-corrected chi connectivity index (χ4v) is 1.80. The highest BCUT2D eigenvalue weighted by Gasteiger charge is 2.18. The second-order valence-electron chi connectivity index (χ2n) is 4.18. The third-order valence-electron chi connectivity index (χ3n) is 2.78. The summed E-state index contributed by atoms with van der Waals surface area (Å²) >= 11 is 5.56. The van der Waals surface area contributed by atoms with E-state index >= 15 is 0 Å². The Morgan fingerprint density at radius 3 is 2.56 bits per heavy atom. The molecule has 0 aromatic rings. The highest BCUT2D eigenvalue weighted by molar-refractivity contribution is 6.19. The van der Waals surface area contributed by atoms with E-state index < -0.39 is 0 Å². The van der Waals surface area contributed by atoms with Gasteiger partial charge in [0.05, 0.1) is 0 Å². The van der Waals surface area contributed by atoms with E-state index in [1.807, 2.05) is 4.90 Å². The van der Waals surface area contributed by atoms with Gasteiger partial charge >= 0.3 is 0 Å². The molecule has 0 aliphatic carbocycles. The van der Waals surface area contributed by atoms with E-state index in [1.54, 1.807) is 6.92 Å². The summed E-state index contributed by atoms with van der Waals surface area (Å²) < 4.78 is 0. The van der Waals surface area contributed by atoms with E-state index in [9.17, 15) is 9.59 Å². The molecule has 1 aliphatic heterocycles. The molecule has 0 radical (unpaired) electrons. The van der Waals surface area contributed by atoms with Crippen molar-refractivity contribution in [1.82, 2.24) is 10.2 Å².